The molecule has 7 heteroatoms. The van der Waals surface area contributed by atoms with Gasteiger partial charge in [-0.25, -0.2) is 4.68 Å². The molecule has 0 bridgehead atoms. The number of rotatable bonds is 4. The number of thioether (sulfide) groups is 1. The van der Waals surface area contributed by atoms with Gasteiger partial charge in [-0.1, -0.05) is 47.6 Å². The summed E-state index contributed by atoms with van der Waals surface area (Å²) < 4.78 is 1.94. The van der Waals surface area contributed by atoms with Crippen molar-refractivity contribution in [3.05, 3.63) is 70.8 Å². The fourth-order valence-corrected chi connectivity index (χ4v) is 3.54. The van der Waals surface area contributed by atoms with E-state index in [1.165, 1.54) is 17.4 Å². The molecule has 1 aliphatic rings. The van der Waals surface area contributed by atoms with Crippen molar-refractivity contribution in [3.63, 3.8) is 0 Å². The van der Waals surface area contributed by atoms with Crippen LogP contribution in [-0.2, 0) is 0 Å². The average molecular weight is 398 g/mol. The number of nitrogens with zero attached hydrogens (tertiary/aromatic N) is 4. The molecule has 2 heterocycles. The highest BCUT2D eigenvalue weighted by atomic mass is 35.5. The van der Waals surface area contributed by atoms with Crippen LogP contribution in [0.4, 0.5) is 11.6 Å². The molecule has 4 rings (SSSR count). The Hall–Kier alpha value is -2.44. The van der Waals surface area contributed by atoms with Crippen LogP contribution in [-0.4, -0.2) is 35.1 Å². The molecular weight excluding hydrogens is 378 g/mol. The van der Waals surface area contributed by atoms with Gasteiger partial charge in [-0.15, -0.1) is 5.10 Å². The van der Waals surface area contributed by atoms with Gasteiger partial charge in [-0.3, -0.25) is 0 Å². The van der Waals surface area contributed by atoms with Crippen LogP contribution < -0.4 is 10.2 Å². The summed E-state index contributed by atoms with van der Waals surface area (Å²) in [6.07, 6.45) is 4.16. The highest BCUT2D eigenvalue weighted by Crippen LogP contribution is 2.34. The quantitative estimate of drug-likeness (QED) is 0.642. The molecule has 0 amide bonds. The number of anilines is 2. The fraction of sp³-hybridized carbons (Fsp3) is 0.200. The van der Waals surface area contributed by atoms with E-state index in [0.29, 0.717) is 0 Å². The summed E-state index contributed by atoms with van der Waals surface area (Å²) in [4.78, 5) is 6.70. The van der Waals surface area contributed by atoms with E-state index in [9.17, 15) is 0 Å². The zero-order valence-corrected chi connectivity index (χ0v) is 16.9. The van der Waals surface area contributed by atoms with Crippen molar-refractivity contribution in [3.8, 4) is 0 Å². The predicted molar refractivity (Wildman–Crippen MR) is 114 cm³/mol. The normalized spacial score (nSPS) is 15.7. The Morgan fingerprint density at radius 3 is 2.41 bits per heavy atom. The maximum atomic E-state index is 6.05. The largest absolute Gasteiger partial charge is 0.378 e. The van der Waals surface area contributed by atoms with E-state index in [1.807, 2.05) is 49.3 Å². The van der Waals surface area contributed by atoms with Gasteiger partial charge in [0.15, 0.2) is 0 Å². The van der Waals surface area contributed by atoms with Crippen LogP contribution >= 0.6 is 23.4 Å². The maximum absolute atomic E-state index is 6.05. The summed E-state index contributed by atoms with van der Waals surface area (Å²) in [5.41, 5.74) is 4.39. The van der Waals surface area contributed by atoms with Gasteiger partial charge in [0.25, 0.3) is 0 Å². The number of halogens is 1. The number of hydrogen-bond donors (Lipinski definition) is 1. The number of hydrogen-bond acceptors (Lipinski definition) is 5. The highest BCUT2D eigenvalue weighted by molar-refractivity contribution is 7.98. The second-order valence-electron chi connectivity index (χ2n) is 6.51. The van der Waals surface area contributed by atoms with E-state index in [4.69, 9.17) is 11.6 Å². The van der Waals surface area contributed by atoms with Gasteiger partial charge in [0.2, 0.25) is 11.1 Å². The number of fused-ring (bicyclic) bond motifs is 1. The molecule has 0 saturated heterocycles. The molecule has 3 aromatic rings. The van der Waals surface area contributed by atoms with Crippen LogP contribution in [0.15, 0.2) is 59.8 Å². The third kappa shape index (κ3) is 3.55. The van der Waals surface area contributed by atoms with Crippen LogP contribution in [0.25, 0.3) is 5.70 Å². The van der Waals surface area contributed by atoms with Gasteiger partial charge < -0.3 is 10.2 Å². The zero-order chi connectivity index (χ0) is 19.0. The summed E-state index contributed by atoms with van der Waals surface area (Å²) >= 11 is 7.58. The molecule has 0 unspecified atom stereocenters. The number of aromatic nitrogens is 3. The first-order chi connectivity index (χ1) is 13.0. The Labute approximate surface area is 168 Å². The molecule has 1 atom stereocenters. The molecule has 1 N–H and O–H groups in total. The Morgan fingerprint density at radius 2 is 1.78 bits per heavy atom. The lowest BCUT2D eigenvalue weighted by Gasteiger charge is -2.25. The molecule has 1 aliphatic heterocycles. The van der Waals surface area contributed by atoms with Crippen LogP contribution in [0.3, 0.4) is 0 Å². The van der Waals surface area contributed by atoms with Crippen molar-refractivity contribution in [2.24, 2.45) is 0 Å². The predicted octanol–water partition coefficient (Wildman–Crippen LogP) is 4.78. The Balaban J connectivity index is 1.78. The molecule has 0 radical (unpaired) electrons. The standard InChI is InChI=1S/C20H20ClN5S/c1-25(2)16-10-6-14(7-11-16)18-12-17(13-4-8-15(21)9-5-13)22-19-23-20(27-3)24-26(18)19/h4-12,18H,1-3H3,(H,22,23,24)/t18-/m0/s1. The van der Waals surface area contributed by atoms with Crippen molar-refractivity contribution >= 4 is 40.7 Å². The number of benzene rings is 2. The highest BCUT2D eigenvalue weighted by Gasteiger charge is 2.25. The number of allylic oxidation sites excluding steroid dienone is 1. The van der Waals surface area contributed by atoms with Gasteiger partial charge in [0.05, 0.1) is 0 Å². The molecule has 138 valence electrons. The molecular formula is C20H20ClN5S. The fourth-order valence-electron chi connectivity index (χ4n) is 3.06. The van der Waals surface area contributed by atoms with E-state index in [2.05, 4.69) is 50.6 Å². The second-order valence-corrected chi connectivity index (χ2v) is 7.72. The summed E-state index contributed by atoms with van der Waals surface area (Å²) in [7, 11) is 4.08. The summed E-state index contributed by atoms with van der Waals surface area (Å²) in [5.74, 6) is 0.744. The van der Waals surface area contributed by atoms with Crippen molar-refractivity contribution in [2.75, 3.05) is 30.6 Å². The molecule has 0 fully saturated rings. The lowest BCUT2D eigenvalue weighted by molar-refractivity contribution is 0.598. The third-order valence-corrected chi connectivity index (χ3v) is 5.33. The third-order valence-electron chi connectivity index (χ3n) is 4.54. The van der Waals surface area contributed by atoms with Crippen LogP contribution in [0.5, 0.6) is 0 Å². The molecule has 27 heavy (non-hydrogen) atoms. The monoisotopic (exact) mass is 397 g/mol. The lowest BCUT2D eigenvalue weighted by Crippen LogP contribution is -2.20. The minimum atomic E-state index is -0.0310. The van der Waals surface area contributed by atoms with E-state index in [-0.39, 0.29) is 6.04 Å². The molecule has 0 aliphatic carbocycles. The van der Waals surface area contributed by atoms with E-state index >= 15 is 0 Å². The average Bonchev–Trinajstić information content (AvgIpc) is 3.11. The summed E-state index contributed by atoms with van der Waals surface area (Å²) in [5, 5.41) is 9.53. The summed E-state index contributed by atoms with van der Waals surface area (Å²) in [6.45, 7) is 0. The van der Waals surface area contributed by atoms with Gasteiger partial charge in [-0.05, 0) is 47.7 Å². The molecule has 1 aromatic heterocycles. The van der Waals surface area contributed by atoms with E-state index in [0.717, 1.165) is 33.0 Å². The van der Waals surface area contributed by atoms with Gasteiger partial charge in [-0.2, -0.15) is 4.98 Å². The van der Waals surface area contributed by atoms with E-state index in [1.54, 1.807) is 0 Å². The zero-order valence-electron chi connectivity index (χ0n) is 15.3. The minimum absolute atomic E-state index is 0.0310. The first kappa shape index (κ1) is 17.9. The lowest BCUT2D eigenvalue weighted by atomic mass is 10.0. The second kappa shape index (κ2) is 7.29. The topological polar surface area (TPSA) is 46.0 Å². The van der Waals surface area contributed by atoms with Crippen molar-refractivity contribution < 1.29 is 0 Å². The first-order valence-electron chi connectivity index (χ1n) is 8.58. The van der Waals surface area contributed by atoms with Crippen molar-refractivity contribution in [2.45, 2.75) is 11.2 Å². The smallest absolute Gasteiger partial charge is 0.227 e. The van der Waals surface area contributed by atoms with Gasteiger partial charge >= 0.3 is 0 Å². The first-order valence-corrected chi connectivity index (χ1v) is 10.2. The molecule has 2 aromatic carbocycles. The van der Waals surface area contributed by atoms with Gasteiger partial charge in [0, 0.05) is 30.5 Å². The molecule has 0 spiro atoms. The van der Waals surface area contributed by atoms with Crippen molar-refractivity contribution in [1.82, 2.24) is 14.8 Å². The SMILES string of the molecule is CSc1nc2n(n1)[C@H](c1ccc(N(C)C)cc1)C=C(c1ccc(Cl)cc1)N2. The van der Waals surface area contributed by atoms with E-state index < -0.39 is 0 Å². The van der Waals surface area contributed by atoms with Crippen LogP contribution in [0.2, 0.25) is 5.02 Å². The molecule has 0 saturated carbocycles. The Morgan fingerprint density at radius 1 is 1.07 bits per heavy atom. The van der Waals surface area contributed by atoms with Crippen LogP contribution in [0.1, 0.15) is 17.2 Å². The van der Waals surface area contributed by atoms with Crippen molar-refractivity contribution in [1.29, 1.82) is 0 Å². The van der Waals surface area contributed by atoms with Gasteiger partial charge in [0.1, 0.15) is 6.04 Å². The minimum Gasteiger partial charge on any atom is -0.378 e. The maximum Gasteiger partial charge on any atom is 0.227 e. The Kier molecular flexibility index (Phi) is 4.85. The molecule has 5 nitrogen and oxygen atoms in total. The van der Waals surface area contributed by atoms with Crippen LogP contribution in [0, 0.1) is 0 Å². The Bertz CT molecular complexity index is 977. The number of nitrogens with one attached hydrogen (secondary N) is 1. The summed E-state index contributed by atoms with van der Waals surface area (Å²) in [6, 6.07) is 16.3.